The van der Waals surface area contributed by atoms with Crippen molar-refractivity contribution in [1.29, 1.82) is 0 Å². The van der Waals surface area contributed by atoms with Crippen LogP contribution in [-0.2, 0) is 17.6 Å². The van der Waals surface area contributed by atoms with Gasteiger partial charge in [0.25, 0.3) is 0 Å². The molecule has 1 atom stereocenters. The Morgan fingerprint density at radius 2 is 2.06 bits per heavy atom. The van der Waals surface area contributed by atoms with Gasteiger partial charge < -0.3 is 15.2 Å². The number of nitrogens with one attached hydrogen (secondary N) is 1. The highest BCUT2D eigenvalue weighted by atomic mass is 19.3. The fraction of sp³-hybridized carbons (Fsp3) is 0.545. The number of nitrogens with zero attached hydrogens (tertiary/aromatic N) is 3. The SMILES string of the molecule is COc1ncc([C@@H](CC(=O)O)CC(F)(F)CCCCc2ccc3c(n2)NCCC3)cn1. The van der Waals surface area contributed by atoms with Crippen LogP contribution in [0.25, 0.3) is 0 Å². The Balaban J connectivity index is 1.52. The third kappa shape index (κ3) is 6.83. The van der Waals surface area contributed by atoms with Crippen LogP contribution in [0, 0.1) is 0 Å². The average Bonchev–Trinajstić information content (AvgIpc) is 2.76. The molecule has 0 radical (unpaired) electrons. The van der Waals surface area contributed by atoms with Gasteiger partial charge in [0.2, 0.25) is 5.92 Å². The van der Waals surface area contributed by atoms with Gasteiger partial charge in [-0.3, -0.25) is 4.79 Å². The van der Waals surface area contributed by atoms with Crippen LogP contribution in [0.2, 0.25) is 0 Å². The number of halogens is 2. The lowest BCUT2D eigenvalue weighted by Gasteiger charge is -2.22. The predicted octanol–water partition coefficient (Wildman–Crippen LogP) is 4.24. The Hall–Kier alpha value is -2.84. The van der Waals surface area contributed by atoms with Gasteiger partial charge in [-0.25, -0.2) is 23.7 Å². The second-order valence-electron chi connectivity index (χ2n) is 7.91. The van der Waals surface area contributed by atoms with Crippen molar-refractivity contribution in [2.24, 2.45) is 0 Å². The van der Waals surface area contributed by atoms with Crippen molar-refractivity contribution in [3.05, 3.63) is 41.3 Å². The summed E-state index contributed by atoms with van der Waals surface area (Å²) in [5.41, 5.74) is 2.47. The molecule has 1 aliphatic rings. The summed E-state index contributed by atoms with van der Waals surface area (Å²) in [5, 5.41) is 12.4. The summed E-state index contributed by atoms with van der Waals surface area (Å²) < 4.78 is 34.1. The molecule has 31 heavy (non-hydrogen) atoms. The van der Waals surface area contributed by atoms with Crippen LogP contribution in [0.3, 0.4) is 0 Å². The minimum absolute atomic E-state index is 0.107. The van der Waals surface area contributed by atoms with E-state index in [1.54, 1.807) is 0 Å². The van der Waals surface area contributed by atoms with Crippen LogP contribution in [-0.4, -0.2) is 45.6 Å². The molecule has 0 saturated heterocycles. The minimum atomic E-state index is -2.98. The lowest BCUT2D eigenvalue weighted by Crippen LogP contribution is -2.22. The van der Waals surface area contributed by atoms with Crippen molar-refractivity contribution in [1.82, 2.24) is 15.0 Å². The average molecular weight is 434 g/mol. The van der Waals surface area contributed by atoms with Crippen molar-refractivity contribution in [3.63, 3.8) is 0 Å². The molecule has 9 heteroatoms. The molecular weight excluding hydrogens is 406 g/mol. The molecule has 2 aromatic rings. The summed E-state index contributed by atoms with van der Waals surface area (Å²) in [6.45, 7) is 0.909. The van der Waals surface area contributed by atoms with Crippen LogP contribution in [0.5, 0.6) is 6.01 Å². The number of carboxylic acids is 1. The summed E-state index contributed by atoms with van der Waals surface area (Å²) in [4.78, 5) is 23.6. The minimum Gasteiger partial charge on any atom is -0.481 e. The smallest absolute Gasteiger partial charge is 0.316 e. The number of unbranched alkanes of at least 4 members (excludes halogenated alkanes) is 1. The van der Waals surface area contributed by atoms with Crippen LogP contribution < -0.4 is 10.1 Å². The van der Waals surface area contributed by atoms with E-state index >= 15 is 0 Å². The van der Waals surface area contributed by atoms with Crippen molar-refractivity contribution in [3.8, 4) is 6.01 Å². The van der Waals surface area contributed by atoms with E-state index in [4.69, 9.17) is 9.84 Å². The number of rotatable bonds is 11. The number of pyridine rings is 1. The van der Waals surface area contributed by atoms with Gasteiger partial charge in [0.05, 0.1) is 13.5 Å². The summed E-state index contributed by atoms with van der Waals surface area (Å²) in [5.74, 6) is -4.08. The number of carbonyl (C=O) groups is 1. The Kier molecular flexibility index (Phi) is 7.70. The first-order valence-corrected chi connectivity index (χ1v) is 10.5. The Labute approximate surface area is 180 Å². The van der Waals surface area contributed by atoms with Crippen molar-refractivity contribution < 1.29 is 23.4 Å². The van der Waals surface area contributed by atoms with Crippen molar-refractivity contribution in [2.45, 2.75) is 63.2 Å². The molecule has 0 spiro atoms. The fourth-order valence-electron chi connectivity index (χ4n) is 3.82. The molecule has 0 saturated carbocycles. The topological polar surface area (TPSA) is 97.2 Å². The first-order chi connectivity index (χ1) is 14.9. The standard InChI is InChI=1S/C22H28F2N4O3/c1-31-21-26-13-17(14-27-21)16(11-19(29)30)12-22(23,24)9-3-2-6-18-8-7-15-5-4-10-25-20(15)28-18/h7-8,13-14,16H,2-6,9-12H2,1H3,(H,25,28)(H,29,30)/t16-/m0/s1. The summed E-state index contributed by atoms with van der Waals surface area (Å²) in [6, 6.07) is 4.14. The highest BCUT2D eigenvalue weighted by Crippen LogP contribution is 2.36. The highest BCUT2D eigenvalue weighted by Gasteiger charge is 2.34. The summed E-state index contributed by atoms with van der Waals surface area (Å²) in [6.07, 6.45) is 5.10. The second kappa shape index (κ2) is 10.5. The number of alkyl halides is 2. The van der Waals surface area contributed by atoms with Crippen LogP contribution in [0.15, 0.2) is 24.5 Å². The van der Waals surface area contributed by atoms with Gasteiger partial charge >= 0.3 is 12.0 Å². The lowest BCUT2D eigenvalue weighted by atomic mass is 9.89. The zero-order valence-electron chi connectivity index (χ0n) is 17.6. The number of ether oxygens (including phenoxy) is 1. The number of hydrogen-bond donors (Lipinski definition) is 2. The van der Waals surface area contributed by atoms with Gasteiger partial charge in [-0.05, 0) is 49.3 Å². The maximum absolute atomic E-state index is 14.6. The lowest BCUT2D eigenvalue weighted by molar-refractivity contribution is -0.138. The number of hydrogen-bond acceptors (Lipinski definition) is 6. The quantitative estimate of drug-likeness (QED) is 0.511. The first-order valence-electron chi connectivity index (χ1n) is 10.5. The normalized spacial score (nSPS) is 14.4. The van der Waals surface area contributed by atoms with Gasteiger partial charge in [-0.2, -0.15) is 0 Å². The Bertz CT molecular complexity index is 878. The van der Waals surface area contributed by atoms with Gasteiger partial charge in [-0.15, -0.1) is 0 Å². The monoisotopic (exact) mass is 434 g/mol. The number of aliphatic carboxylic acids is 1. The molecule has 3 rings (SSSR count). The van der Waals surface area contributed by atoms with Crippen LogP contribution in [0.4, 0.5) is 14.6 Å². The molecule has 0 fully saturated rings. The third-order valence-electron chi connectivity index (χ3n) is 5.45. The van der Waals surface area contributed by atoms with Crippen LogP contribution in [0.1, 0.15) is 61.3 Å². The number of fused-ring (bicyclic) bond motifs is 1. The van der Waals surface area contributed by atoms with E-state index in [2.05, 4.69) is 26.3 Å². The second-order valence-corrected chi connectivity index (χ2v) is 7.91. The molecule has 2 N–H and O–H groups in total. The Morgan fingerprint density at radius 1 is 1.29 bits per heavy atom. The van der Waals surface area contributed by atoms with E-state index in [-0.39, 0.29) is 12.4 Å². The number of carboxylic acid groups (broad SMARTS) is 1. The number of methoxy groups -OCH3 is 1. The molecule has 0 unspecified atom stereocenters. The Morgan fingerprint density at radius 3 is 2.77 bits per heavy atom. The van der Waals surface area contributed by atoms with E-state index in [1.807, 2.05) is 6.07 Å². The molecule has 1 aliphatic heterocycles. The van der Waals surface area contributed by atoms with Crippen molar-refractivity contribution >= 4 is 11.8 Å². The molecule has 168 valence electrons. The molecule has 0 aromatic carbocycles. The zero-order chi connectivity index (χ0) is 22.3. The van der Waals surface area contributed by atoms with Gasteiger partial charge in [0.15, 0.2) is 0 Å². The van der Waals surface area contributed by atoms with Gasteiger partial charge in [0.1, 0.15) is 5.82 Å². The zero-order valence-corrected chi connectivity index (χ0v) is 17.6. The first kappa shape index (κ1) is 22.8. The molecule has 7 nitrogen and oxygen atoms in total. The predicted molar refractivity (Wildman–Crippen MR) is 112 cm³/mol. The molecular formula is C22H28F2N4O3. The molecule has 3 heterocycles. The highest BCUT2D eigenvalue weighted by molar-refractivity contribution is 5.68. The van der Waals surface area contributed by atoms with E-state index in [1.165, 1.54) is 25.1 Å². The number of aromatic nitrogens is 3. The molecule has 0 amide bonds. The molecule has 0 bridgehead atoms. The van der Waals surface area contributed by atoms with E-state index in [0.717, 1.165) is 30.9 Å². The van der Waals surface area contributed by atoms with Gasteiger partial charge in [-0.1, -0.05) is 6.07 Å². The summed E-state index contributed by atoms with van der Waals surface area (Å²) in [7, 11) is 1.40. The molecule has 0 aliphatic carbocycles. The number of anilines is 1. The molecule has 2 aromatic heterocycles. The summed E-state index contributed by atoms with van der Waals surface area (Å²) >= 11 is 0. The fourth-order valence-corrected chi connectivity index (χ4v) is 3.82. The third-order valence-corrected chi connectivity index (χ3v) is 5.45. The van der Waals surface area contributed by atoms with E-state index < -0.39 is 30.7 Å². The largest absolute Gasteiger partial charge is 0.481 e. The number of aryl methyl sites for hydroxylation is 2. The van der Waals surface area contributed by atoms with E-state index in [0.29, 0.717) is 24.8 Å². The maximum Gasteiger partial charge on any atom is 0.316 e. The van der Waals surface area contributed by atoms with E-state index in [9.17, 15) is 13.6 Å². The maximum atomic E-state index is 14.6. The van der Waals surface area contributed by atoms with Crippen LogP contribution >= 0.6 is 0 Å². The van der Waals surface area contributed by atoms with Crippen molar-refractivity contribution in [2.75, 3.05) is 19.0 Å². The van der Waals surface area contributed by atoms with Gasteiger partial charge in [0, 0.05) is 43.4 Å².